The summed E-state index contributed by atoms with van der Waals surface area (Å²) in [5, 5.41) is 0. The van der Waals surface area contributed by atoms with Crippen molar-refractivity contribution in [2.24, 2.45) is 0 Å². The fraction of sp³-hybridized carbons (Fsp3) is 0.667. The van der Waals surface area contributed by atoms with Crippen molar-refractivity contribution in [1.82, 2.24) is 4.90 Å². The molecule has 4 fully saturated rings. The molecule has 5 rings (SSSR count). The van der Waals surface area contributed by atoms with Crippen molar-refractivity contribution < 1.29 is 28.4 Å². The van der Waals surface area contributed by atoms with E-state index in [1.54, 1.807) is 14.2 Å². The van der Waals surface area contributed by atoms with Crippen LogP contribution < -0.4 is 0 Å². The Hall–Kier alpha value is -1.06. The summed E-state index contributed by atoms with van der Waals surface area (Å²) in [7, 11) is 7.33. The molecule has 4 bridgehead atoms. The third-order valence-electron chi connectivity index (χ3n) is 5.21. The highest BCUT2D eigenvalue weighted by Crippen LogP contribution is 2.44. The average Bonchev–Trinajstić information content (AvgIpc) is 2.62. The van der Waals surface area contributed by atoms with E-state index in [1.807, 2.05) is 44.4 Å². The van der Waals surface area contributed by atoms with Crippen molar-refractivity contribution in [2.45, 2.75) is 49.3 Å². The molecule has 3 heterocycles. The number of likely N-dealkylation sites (N-methyl/N-ethyl adjacent to an activating group) is 1. The summed E-state index contributed by atoms with van der Waals surface area (Å²) < 4.78 is 35.3. The van der Waals surface area contributed by atoms with Gasteiger partial charge in [0.2, 0.25) is 0 Å². The minimum Gasteiger partial charge on any atom is -0.376 e. The lowest BCUT2D eigenvalue weighted by atomic mass is 9.80. The van der Waals surface area contributed by atoms with Crippen LogP contribution in [0.3, 0.4) is 0 Å². The highest BCUT2D eigenvalue weighted by Gasteiger charge is 2.63. The zero-order valence-electron chi connectivity index (χ0n) is 14.9. The lowest BCUT2D eigenvalue weighted by molar-refractivity contribution is -0.483. The van der Waals surface area contributed by atoms with Gasteiger partial charge < -0.3 is 33.3 Å². The molecule has 138 valence electrons. The molecule has 0 amide bonds. The van der Waals surface area contributed by atoms with E-state index in [0.29, 0.717) is 0 Å². The molecule has 0 spiro atoms. The molecule has 1 saturated carbocycles. The fourth-order valence-electron chi connectivity index (χ4n) is 4.12. The molecule has 0 aromatic heterocycles. The number of ether oxygens (including phenoxy) is 6. The second-order valence-corrected chi connectivity index (χ2v) is 6.82. The topological polar surface area (TPSA) is 58.6 Å². The maximum absolute atomic E-state index is 6.34. The third kappa shape index (κ3) is 2.90. The number of methoxy groups -OCH3 is 2. The SMILES string of the molecule is COC(O[C@@H]1[C@H]2O[C@@H]3O[C@H]([C@@H]2OC)[C@H](N(C)C)[C@H]1O3)c1ccccc1. The minimum absolute atomic E-state index is 0.0135. The number of hydrogen-bond donors (Lipinski definition) is 0. The molecule has 1 aromatic rings. The van der Waals surface area contributed by atoms with Gasteiger partial charge in [0.25, 0.3) is 6.48 Å². The Morgan fingerprint density at radius 3 is 2.16 bits per heavy atom. The van der Waals surface area contributed by atoms with Crippen molar-refractivity contribution in [2.75, 3.05) is 28.3 Å². The first-order valence-corrected chi connectivity index (χ1v) is 8.53. The van der Waals surface area contributed by atoms with E-state index in [9.17, 15) is 0 Å². The third-order valence-corrected chi connectivity index (χ3v) is 5.21. The zero-order chi connectivity index (χ0) is 17.6. The molecule has 1 aromatic carbocycles. The molecular formula is C18H25NO6. The van der Waals surface area contributed by atoms with Crippen LogP contribution in [-0.2, 0) is 28.4 Å². The Morgan fingerprint density at radius 2 is 1.56 bits per heavy atom. The zero-order valence-corrected chi connectivity index (χ0v) is 14.9. The molecule has 1 aliphatic carbocycles. The van der Waals surface area contributed by atoms with Gasteiger partial charge >= 0.3 is 0 Å². The van der Waals surface area contributed by atoms with Gasteiger partial charge in [0.05, 0.1) is 6.04 Å². The van der Waals surface area contributed by atoms with Crippen LogP contribution in [0.5, 0.6) is 0 Å². The van der Waals surface area contributed by atoms with E-state index < -0.39 is 12.8 Å². The Balaban J connectivity index is 1.62. The number of hydrogen-bond acceptors (Lipinski definition) is 7. The lowest BCUT2D eigenvalue weighted by Gasteiger charge is -2.60. The molecule has 8 atom stereocenters. The first kappa shape index (κ1) is 17.4. The van der Waals surface area contributed by atoms with Crippen LogP contribution in [0.4, 0.5) is 0 Å². The summed E-state index contributed by atoms with van der Waals surface area (Å²) in [6, 6.07) is 9.86. The summed E-state index contributed by atoms with van der Waals surface area (Å²) in [6.07, 6.45) is -1.59. The minimum atomic E-state index is -0.653. The van der Waals surface area contributed by atoms with Gasteiger partial charge in [-0.25, -0.2) is 0 Å². The molecule has 7 nitrogen and oxygen atoms in total. The Kier molecular flexibility index (Phi) is 4.81. The van der Waals surface area contributed by atoms with E-state index in [1.165, 1.54) is 0 Å². The predicted molar refractivity (Wildman–Crippen MR) is 87.7 cm³/mol. The smallest absolute Gasteiger partial charge is 0.272 e. The van der Waals surface area contributed by atoms with Crippen LogP contribution in [0.2, 0.25) is 0 Å². The summed E-state index contributed by atoms with van der Waals surface area (Å²) in [4.78, 5) is 2.10. The van der Waals surface area contributed by atoms with Gasteiger partial charge in [-0.1, -0.05) is 30.3 Å². The Bertz CT molecular complexity index is 584. The van der Waals surface area contributed by atoms with E-state index in [0.717, 1.165) is 5.56 Å². The highest BCUT2D eigenvalue weighted by atomic mass is 16.9. The second-order valence-electron chi connectivity index (χ2n) is 6.82. The molecular weight excluding hydrogens is 326 g/mol. The fourth-order valence-corrected chi connectivity index (χ4v) is 4.12. The molecule has 7 heteroatoms. The first-order chi connectivity index (χ1) is 12.1. The molecule has 3 aliphatic heterocycles. The summed E-state index contributed by atoms with van der Waals surface area (Å²) in [5.41, 5.74) is 0.949. The monoisotopic (exact) mass is 351 g/mol. The van der Waals surface area contributed by atoms with Gasteiger partial charge in [-0.2, -0.15) is 0 Å². The van der Waals surface area contributed by atoms with Crippen molar-refractivity contribution >= 4 is 0 Å². The van der Waals surface area contributed by atoms with Gasteiger partial charge in [0.15, 0.2) is 6.29 Å². The summed E-state index contributed by atoms with van der Waals surface area (Å²) in [5.74, 6) is 0. The molecule has 25 heavy (non-hydrogen) atoms. The number of rotatable bonds is 6. The number of nitrogens with zero attached hydrogens (tertiary/aromatic N) is 1. The first-order valence-electron chi connectivity index (χ1n) is 8.53. The van der Waals surface area contributed by atoms with Crippen LogP contribution in [0.15, 0.2) is 30.3 Å². The van der Waals surface area contributed by atoms with E-state index >= 15 is 0 Å². The van der Waals surface area contributed by atoms with Crippen LogP contribution in [0.1, 0.15) is 11.9 Å². The number of benzene rings is 1. The maximum Gasteiger partial charge on any atom is 0.272 e. The van der Waals surface area contributed by atoms with Gasteiger partial charge in [-0.3, -0.25) is 0 Å². The van der Waals surface area contributed by atoms with Gasteiger partial charge in [0, 0.05) is 19.8 Å². The van der Waals surface area contributed by atoms with Crippen LogP contribution in [0.25, 0.3) is 0 Å². The molecule has 0 radical (unpaired) electrons. The van der Waals surface area contributed by atoms with Crippen LogP contribution in [-0.4, -0.2) is 76.3 Å². The normalized spacial score (nSPS) is 40.6. The van der Waals surface area contributed by atoms with Crippen molar-refractivity contribution in [3.8, 4) is 0 Å². The summed E-state index contributed by atoms with van der Waals surface area (Å²) >= 11 is 0. The van der Waals surface area contributed by atoms with Crippen LogP contribution >= 0.6 is 0 Å². The molecule has 4 aliphatic rings. The van der Waals surface area contributed by atoms with Crippen molar-refractivity contribution in [3.63, 3.8) is 0 Å². The molecule has 1 unspecified atom stereocenters. The van der Waals surface area contributed by atoms with Crippen molar-refractivity contribution in [1.29, 1.82) is 0 Å². The quantitative estimate of drug-likeness (QED) is 0.713. The standard InChI is InChI=1S/C18H25NO6/c1-19(2)11-12-14(20-3)16-15(13(11)24-18(23-12)25-16)22-17(21-4)10-8-6-5-7-9-10/h5-9,11-18H,1-4H3/t11-,12-,13+,14-,15-,16-,17?,18+/m0/s1. The molecule has 0 N–H and O–H groups in total. The van der Waals surface area contributed by atoms with Gasteiger partial charge in [0.1, 0.15) is 30.5 Å². The molecule has 3 saturated heterocycles. The lowest BCUT2D eigenvalue weighted by Crippen LogP contribution is -2.78. The van der Waals surface area contributed by atoms with E-state index in [4.69, 9.17) is 28.4 Å². The maximum atomic E-state index is 6.34. The summed E-state index contributed by atoms with van der Waals surface area (Å²) in [6.45, 7) is -0.653. The average molecular weight is 351 g/mol. The van der Waals surface area contributed by atoms with E-state index in [2.05, 4.69) is 4.90 Å². The van der Waals surface area contributed by atoms with Gasteiger partial charge in [-0.05, 0) is 14.1 Å². The highest BCUT2D eigenvalue weighted by molar-refractivity contribution is 5.17. The van der Waals surface area contributed by atoms with E-state index in [-0.39, 0.29) is 36.6 Å². The predicted octanol–water partition coefficient (Wildman–Crippen LogP) is 1.14. The van der Waals surface area contributed by atoms with Gasteiger partial charge in [-0.15, -0.1) is 0 Å². The second kappa shape index (κ2) is 6.92. The van der Waals surface area contributed by atoms with Crippen LogP contribution in [0, 0.1) is 0 Å². The Labute approximate surface area is 147 Å². The van der Waals surface area contributed by atoms with Crippen molar-refractivity contribution in [3.05, 3.63) is 35.9 Å². The largest absolute Gasteiger partial charge is 0.376 e. The Morgan fingerprint density at radius 1 is 0.920 bits per heavy atom.